The molecule has 0 bridgehead atoms. The van der Waals surface area contributed by atoms with Crippen LogP contribution in [0.25, 0.3) is 22.3 Å². The Morgan fingerprint density at radius 3 is 2.82 bits per heavy atom. The Hall–Kier alpha value is -3.39. The van der Waals surface area contributed by atoms with Crippen LogP contribution in [-0.4, -0.2) is 53.1 Å². The van der Waals surface area contributed by atoms with Crippen LogP contribution < -0.4 is 10.6 Å². The van der Waals surface area contributed by atoms with E-state index >= 15 is 0 Å². The number of phenolic OH excluding ortho intramolecular Hbond substituents is 1. The Morgan fingerprint density at radius 1 is 1.21 bits per heavy atom. The number of hydrogen-bond donors (Lipinski definition) is 2. The smallest absolute Gasteiger partial charge is 0.404 e. The maximum atomic E-state index is 11.7. The Balaban J connectivity index is 1.50. The highest BCUT2D eigenvalue weighted by atomic mass is 16.6. The van der Waals surface area contributed by atoms with E-state index in [4.69, 9.17) is 25.2 Å². The summed E-state index contributed by atoms with van der Waals surface area (Å²) in [5.41, 5.74) is 7.94. The van der Waals surface area contributed by atoms with Gasteiger partial charge in [-0.3, -0.25) is 0 Å². The third-order valence-electron chi connectivity index (χ3n) is 6.80. The summed E-state index contributed by atoms with van der Waals surface area (Å²) in [6, 6.07) is 13.2. The van der Waals surface area contributed by atoms with Gasteiger partial charge in [0.25, 0.3) is 0 Å². The van der Waals surface area contributed by atoms with Crippen molar-refractivity contribution in [3.63, 3.8) is 0 Å². The first kappa shape index (κ1) is 22.4. The van der Waals surface area contributed by atoms with Crippen LogP contribution in [0.3, 0.4) is 0 Å². The largest absolute Gasteiger partial charge is 0.507 e. The number of primary amides is 1. The second-order valence-corrected chi connectivity index (χ2v) is 9.21. The molecule has 2 aromatic carbocycles. The molecule has 1 aromatic heterocycles. The lowest BCUT2D eigenvalue weighted by Crippen LogP contribution is -2.43. The molecule has 3 atom stereocenters. The minimum absolute atomic E-state index is 0.0830. The summed E-state index contributed by atoms with van der Waals surface area (Å²) < 4.78 is 11.6. The lowest BCUT2D eigenvalue weighted by Gasteiger charge is -2.33. The fourth-order valence-corrected chi connectivity index (χ4v) is 5.13. The number of aryl methyl sites for hydroxylation is 1. The SMILES string of the molecule is Cc1ccc2c(N3CC[C@@H](C(OC(N)=O)C4CCCCO4)C3)nc(-c3ccccc3O)nc2c1. The van der Waals surface area contributed by atoms with Crippen LogP contribution in [-0.2, 0) is 9.47 Å². The zero-order chi connectivity index (χ0) is 23.7. The van der Waals surface area contributed by atoms with E-state index in [1.807, 2.05) is 31.2 Å². The average Bonchev–Trinajstić information content (AvgIpc) is 3.32. The molecule has 2 saturated heterocycles. The Bertz CT molecular complexity index is 1190. The number of rotatable bonds is 5. The predicted octanol–water partition coefficient (Wildman–Crippen LogP) is 4.17. The molecular formula is C26H30N4O4. The van der Waals surface area contributed by atoms with Crippen molar-refractivity contribution in [3.05, 3.63) is 48.0 Å². The van der Waals surface area contributed by atoms with Crippen molar-refractivity contribution >= 4 is 22.8 Å². The number of nitrogens with zero attached hydrogens (tertiary/aromatic N) is 3. The van der Waals surface area contributed by atoms with Crippen LogP contribution in [0.1, 0.15) is 31.2 Å². The van der Waals surface area contributed by atoms with Crippen LogP contribution in [0.4, 0.5) is 10.6 Å². The molecule has 34 heavy (non-hydrogen) atoms. The number of nitrogens with two attached hydrogens (primary N) is 1. The number of carbonyl (C=O) groups excluding carboxylic acids is 1. The van der Waals surface area contributed by atoms with Gasteiger partial charge < -0.3 is 25.2 Å². The number of phenols is 1. The minimum Gasteiger partial charge on any atom is -0.507 e. The van der Waals surface area contributed by atoms with E-state index in [2.05, 4.69) is 11.0 Å². The summed E-state index contributed by atoms with van der Waals surface area (Å²) in [5.74, 6) is 1.52. The van der Waals surface area contributed by atoms with E-state index in [0.717, 1.165) is 54.5 Å². The highest BCUT2D eigenvalue weighted by Gasteiger charge is 2.39. The standard InChI is InChI=1S/C26H30N4O4/c1-16-9-10-18-20(14-16)28-24(19-6-2-3-7-21(19)31)29-25(18)30-12-11-17(15-30)23(34-26(27)32)22-8-4-5-13-33-22/h2-3,6-7,9-10,14,17,22-23,31H,4-5,8,11-13,15H2,1H3,(H2,27,32)/t17-,22?,23?/m1/s1. The number of benzene rings is 2. The van der Waals surface area contributed by atoms with Crippen molar-refractivity contribution in [2.24, 2.45) is 11.7 Å². The first-order chi connectivity index (χ1) is 16.5. The number of carbonyl (C=O) groups is 1. The molecule has 8 nitrogen and oxygen atoms in total. The van der Waals surface area contributed by atoms with Gasteiger partial charge in [0.1, 0.15) is 17.7 Å². The molecule has 0 aliphatic carbocycles. The third kappa shape index (κ3) is 4.50. The van der Waals surface area contributed by atoms with E-state index in [0.29, 0.717) is 24.5 Å². The van der Waals surface area contributed by atoms with E-state index < -0.39 is 6.09 Å². The van der Waals surface area contributed by atoms with Crippen LogP contribution in [0, 0.1) is 12.8 Å². The number of aromatic hydroxyl groups is 1. The van der Waals surface area contributed by atoms with Gasteiger partial charge in [-0.2, -0.15) is 0 Å². The number of hydrogen-bond acceptors (Lipinski definition) is 7. The first-order valence-electron chi connectivity index (χ1n) is 11.9. The Morgan fingerprint density at radius 2 is 2.06 bits per heavy atom. The number of aromatic nitrogens is 2. The molecule has 3 aromatic rings. The van der Waals surface area contributed by atoms with Crippen LogP contribution in [0.2, 0.25) is 0 Å². The Kier molecular flexibility index (Phi) is 6.24. The van der Waals surface area contributed by atoms with E-state index in [-0.39, 0.29) is 23.9 Å². The highest BCUT2D eigenvalue weighted by Crippen LogP contribution is 2.36. The quantitative estimate of drug-likeness (QED) is 0.585. The zero-order valence-electron chi connectivity index (χ0n) is 19.3. The monoisotopic (exact) mass is 462 g/mol. The van der Waals surface area contributed by atoms with Gasteiger partial charge >= 0.3 is 6.09 Å². The molecule has 0 spiro atoms. The summed E-state index contributed by atoms with van der Waals surface area (Å²) in [7, 11) is 0. The van der Waals surface area contributed by atoms with Gasteiger partial charge in [-0.15, -0.1) is 0 Å². The van der Waals surface area contributed by atoms with Gasteiger partial charge in [0.05, 0.1) is 17.2 Å². The van der Waals surface area contributed by atoms with Crippen LogP contribution in [0.15, 0.2) is 42.5 Å². The zero-order valence-corrected chi connectivity index (χ0v) is 19.3. The van der Waals surface area contributed by atoms with E-state index in [9.17, 15) is 9.90 Å². The minimum atomic E-state index is -0.762. The van der Waals surface area contributed by atoms with Crippen molar-refractivity contribution < 1.29 is 19.4 Å². The molecule has 1 amide bonds. The third-order valence-corrected chi connectivity index (χ3v) is 6.80. The Labute approximate surface area is 198 Å². The molecule has 2 unspecified atom stereocenters. The summed E-state index contributed by atoms with van der Waals surface area (Å²) in [6.07, 6.45) is 2.51. The van der Waals surface area contributed by atoms with Crippen molar-refractivity contribution in [1.29, 1.82) is 0 Å². The lowest BCUT2D eigenvalue weighted by atomic mass is 9.92. The van der Waals surface area contributed by atoms with Crippen molar-refractivity contribution in [2.45, 2.75) is 44.8 Å². The molecule has 3 heterocycles. The molecule has 2 aliphatic rings. The fraction of sp³-hybridized carbons (Fsp3) is 0.423. The summed E-state index contributed by atoms with van der Waals surface area (Å²) in [6.45, 7) is 4.14. The number of fused-ring (bicyclic) bond motifs is 1. The van der Waals surface area contributed by atoms with Gasteiger partial charge in [-0.05, 0) is 62.4 Å². The maximum Gasteiger partial charge on any atom is 0.404 e. The summed E-state index contributed by atoms with van der Waals surface area (Å²) in [5, 5.41) is 11.4. The molecular weight excluding hydrogens is 432 g/mol. The van der Waals surface area contributed by atoms with Gasteiger partial charge in [0, 0.05) is 31.0 Å². The topological polar surface area (TPSA) is 111 Å². The molecule has 3 N–H and O–H groups in total. The molecule has 5 rings (SSSR count). The lowest BCUT2D eigenvalue weighted by molar-refractivity contribution is -0.0824. The van der Waals surface area contributed by atoms with E-state index in [1.54, 1.807) is 12.1 Å². The number of ether oxygens (including phenoxy) is 2. The highest BCUT2D eigenvalue weighted by molar-refractivity contribution is 5.92. The molecule has 8 heteroatoms. The fourth-order valence-electron chi connectivity index (χ4n) is 5.13. The molecule has 0 radical (unpaired) electrons. The van der Waals surface area contributed by atoms with Crippen molar-refractivity contribution in [1.82, 2.24) is 9.97 Å². The molecule has 2 fully saturated rings. The second kappa shape index (κ2) is 9.46. The van der Waals surface area contributed by atoms with E-state index in [1.165, 1.54) is 0 Å². The van der Waals surface area contributed by atoms with Gasteiger partial charge in [0.15, 0.2) is 5.82 Å². The maximum absolute atomic E-state index is 11.7. The molecule has 178 valence electrons. The van der Waals surface area contributed by atoms with Crippen LogP contribution in [0.5, 0.6) is 5.75 Å². The molecule has 0 saturated carbocycles. The van der Waals surface area contributed by atoms with Gasteiger partial charge in [0.2, 0.25) is 0 Å². The van der Waals surface area contributed by atoms with Gasteiger partial charge in [-0.25, -0.2) is 14.8 Å². The predicted molar refractivity (Wildman–Crippen MR) is 130 cm³/mol. The first-order valence-corrected chi connectivity index (χ1v) is 11.9. The summed E-state index contributed by atoms with van der Waals surface area (Å²) >= 11 is 0. The number of para-hydroxylation sites is 1. The normalized spacial score (nSPS) is 21.5. The number of anilines is 1. The van der Waals surface area contributed by atoms with Gasteiger partial charge in [-0.1, -0.05) is 18.2 Å². The second-order valence-electron chi connectivity index (χ2n) is 9.21. The average molecular weight is 463 g/mol. The van der Waals surface area contributed by atoms with Crippen molar-refractivity contribution in [3.8, 4) is 17.1 Å². The van der Waals surface area contributed by atoms with Crippen molar-refractivity contribution in [2.75, 3.05) is 24.6 Å². The summed E-state index contributed by atoms with van der Waals surface area (Å²) in [4.78, 5) is 23.6. The molecule has 2 aliphatic heterocycles. The number of amides is 1. The van der Waals surface area contributed by atoms with Crippen LogP contribution >= 0.6 is 0 Å².